The third-order valence-corrected chi connectivity index (χ3v) is 3.92. The summed E-state index contributed by atoms with van der Waals surface area (Å²) in [6.45, 7) is 0.666. The number of hydrogen-bond acceptors (Lipinski definition) is 6. The Hall–Kier alpha value is -1.47. The van der Waals surface area contributed by atoms with Crippen molar-refractivity contribution in [1.29, 1.82) is 0 Å². The number of amides is 1. The Labute approximate surface area is 107 Å². The van der Waals surface area contributed by atoms with Crippen molar-refractivity contribution in [1.82, 2.24) is 15.1 Å². The first-order valence-corrected chi connectivity index (χ1v) is 6.73. The SMILES string of the molecule is CN(CCc1cccs1)C(=O)c1nnc(N)s1. The second kappa shape index (κ2) is 5.24. The molecule has 0 aliphatic heterocycles. The number of nitrogens with two attached hydrogens (primary N) is 1. The molecule has 2 aromatic heterocycles. The van der Waals surface area contributed by atoms with Crippen molar-refractivity contribution < 1.29 is 4.79 Å². The summed E-state index contributed by atoms with van der Waals surface area (Å²) in [6, 6.07) is 4.07. The van der Waals surface area contributed by atoms with Gasteiger partial charge in [-0.05, 0) is 17.9 Å². The number of carbonyl (C=O) groups excluding carboxylic acids is 1. The van der Waals surface area contributed by atoms with Crippen molar-refractivity contribution in [2.45, 2.75) is 6.42 Å². The molecule has 0 aromatic carbocycles. The number of hydrogen-bond donors (Lipinski definition) is 1. The van der Waals surface area contributed by atoms with E-state index in [0.29, 0.717) is 16.7 Å². The lowest BCUT2D eigenvalue weighted by atomic mass is 10.3. The Bertz CT molecular complexity index is 494. The lowest BCUT2D eigenvalue weighted by Crippen LogP contribution is -2.28. The molecule has 0 aliphatic rings. The number of rotatable bonds is 4. The van der Waals surface area contributed by atoms with E-state index in [1.54, 1.807) is 23.3 Å². The number of aromatic nitrogens is 2. The van der Waals surface area contributed by atoms with Crippen molar-refractivity contribution in [3.05, 3.63) is 27.4 Å². The number of anilines is 1. The molecule has 0 atom stereocenters. The van der Waals surface area contributed by atoms with Gasteiger partial charge in [-0.25, -0.2) is 0 Å². The van der Waals surface area contributed by atoms with Gasteiger partial charge in [-0.15, -0.1) is 21.5 Å². The zero-order chi connectivity index (χ0) is 12.3. The normalized spacial score (nSPS) is 10.4. The van der Waals surface area contributed by atoms with Crippen LogP contribution in [0.25, 0.3) is 0 Å². The number of thiophene rings is 1. The molecule has 17 heavy (non-hydrogen) atoms. The van der Waals surface area contributed by atoms with Gasteiger partial charge >= 0.3 is 0 Å². The second-order valence-corrected chi connectivity index (χ2v) is 5.54. The summed E-state index contributed by atoms with van der Waals surface area (Å²) in [4.78, 5) is 14.8. The Morgan fingerprint density at radius 2 is 2.35 bits per heavy atom. The molecule has 0 spiro atoms. The highest BCUT2D eigenvalue weighted by molar-refractivity contribution is 7.16. The predicted molar refractivity (Wildman–Crippen MR) is 69.3 cm³/mol. The fraction of sp³-hybridized carbons (Fsp3) is 0.300. The Morgan fingerprint density at radius 3 is 2.94 bits per heavy atom. The zero-order valence-corrected chi connectivity index (χ0v) is 10.9. The minimum atomic E-state index is -0.129. The topological polar surface area (TPSA) is 72.1 Å². The quantitative estimate of drug-likeness (QED) is 0.912. The molecule has 2 rings (SSSR count). The van der Waals surface area contributed by atoms with Crippen LogP contribution < -0.4 is 5.73 Å². The Balaban J connectivity index is 1.91. The van der Waals surface area contributed by atoms with Crippen molar-refractivity contribution in [2.75, 3.05) is 19.3 Å². The molecule has 0 saturated carbocycles. The summed E-state index contributed by atoms with van der Waals surface area (Å²) < 4.78 is 0. The van der Waals surface area contributed by atoms with E-state index in [0.717, 1.165) is 17.8 Å². The van der Waals surface area contributed by atoms with E-state index >= 15 is 0 Å². The van der Waals surface area contributed by atoms with E-state index in [9.17, 15) is 4.79 Å². The third kappa shape index (κ3) is 3.01. The lowest BCUT2D eigenvalue weighted by Gasteiger charge is -2.14. The minimum Gasteiger partial charge on any atom is -0.374 e. The first-order chi connectivity index (χ1) is 8.16. The van der Waals surface area contributed by atoms with E-state index < -0.39 is 0 Å². The first-order valence-electron chi connectivity index (χ1n) is 5.03. The molecule has 2 N–H and O–H groups in total. The molecule has 2 heterocycles. The number of carbonyl (C=O) groups is 1. The summed E-state index contributed by atoms with van der Waals surface area (Å²) in [5, 5.41) is 10.1. The van der Waals surface area contributed by atoms with Gasteiger partial charge in [-0.1, -0.05) is 17.4 Å². The van der Waals surface area contributed by atoms with Crippen LogP contribution in [-0.4, -0.2) is 34.6 Å². The van der Waals surface area contributed by atoms with Gasteiger partial charge in [0, 0.05) is 18.5 Å². The van der Waals surface area contributed by atoms with Crippen LogP contribution in [0.3, 0.4) is 0 Å². The molecule has 7 heteroatoms. The van der Waals surface area contributed by atoms with Gasteiger partial charge in [0.2, 0.25) is 10.1 Å². The smallest absolute Gasteiger partial charge is 0.284 e. The molecule has 90 valence electrons. The van der Waals surface area contributed by atoms with Crippen LogP contribution in [-0.2, 0) is 6.42 Å². The highest BCUT2D eigenvalue weighted by atomic mass is 32.1. The van der Waals surface area contributed by atoms with Crippen LogP contribution in [0.5, 0.6) is 0 Å². The molecule has 0 radical (unpaired) electrons. The predicted octanol–water partition coefficient (Wildman–Crippen LogP) is 1.50. The van der Waals surface area contributed by atoms with Gasteiger partial charge in [0.15, 0.2) is 0 Å². The molecule has 1 amide bonds. The zero-order valence-electron chi connectivity index (χ0n) is 9.29. The van der Waals surface area contributed by atoms with Crippen molar-refractivity contribution >= 4 is 33.7 Å². The maximum absolute atomic E-state index is 11.9. The van der Waals surface area contributed by atoms with Crippen LogP contribution in [0.4, 0.5) is 5.13 Å². The Morgan fingerprint density at radius 1 is 1.53 bits per heavy atom. The van der Waals surface area contributed by atoms with Crippen LogP contribution in [0.15, 0.2) is 17.5 Å². The van der Waals surface area contributed by atoms with Crippen LogP contribution in [0.1, 0.15) is 14.7 Å². The van der Waals surface area contributed by atoms with Gasteiger partial charge in [0.1, 0.15) is 0 Å². The summed E-state index contributed by atoms with van der Waals surface area (Å²) in [5.74, 6) is -0.129. The van der Waals surface area contributed by atoms with Crippen LogP contribution in [0, 0.1) is 0 Å². The van der Waals surface area contributed by atoms with E-state index in [1.165, 1.54) is 4.88 Å². The van der Waals surface area contributed by atoms with Gasteiger partial charge in [0.25, 0.3) is 5.91 Å². The highest BCUT2D eigenvalue weighted by Gasteiger charge is 2.16. The minimum absolute atomic E-state index is 0.129. The standard InChI is InChI=1S/C10H12N4OS2/c1-14(5-4-7-3-2-6-16-7)9(15)8-12-13-10(11)17-8/h2-3,6H,4-5H2,1H3,(H2,11,13). The van der Waals surface area contributed by atoms with E-state index in [4.69, 9.17) is 5.73 Å². The van der Waals surface area contributed by atoms with E-state index in [-0.39, 0.29) is 5.91 Å². The number of nitrogen functional groups attached to an aromatic ring is 1. The fourth-order valence-electron chi connectivity index (χ4n) is 1.32. The summed E-state index contributed by atoms with van der Waals surface area (Å²) in [6.07, 6.45) is 0.855. The van der Waals surface area contributed by atoms with E-state index in [2.05, 4.69) is 16.3 Å². The first kappa shape index (κ1) is 12.0. The second-order valence-electron chi connectivity index (χ2n) is 3.50. The van der Waals surface area contributed by atoms with Crippen LogP contribution in [0.2, 0.25) is 0 Å². The van der Waals surface area contributed by atoms with Gasteiger partial charge < -0.3 is 10.6 Å². The Kier molecular flexibility index (Phi) is 3.70. The maximum Gasteiger partial charge on any atom is 0.284 e. The largest absolute Gasteiger partial charge is 0.374 e. The molecule has 0 unspecified atom stereocenters. The molecular formula is C10H12N4OS2. The maximum atomic E-state index is 11.9. The van der Waals surface area contributed by atoms with Crippen molar-refractivity contribution in [2.24, 2.45) is 0 Å². The average Bonchev–Trinajstić information content (AvgIpc) is 2.95. The fourth-order valence-corrected chi connectivity index (χ4v) is 2.62. The van der Waals surface area contributed by atoms with Crippen molar-refractivity contribution in [3.63, 3.8) is 0 Å². The van der Waals surface area contributed by atoms with Gasteiger partial charge in [-0.3, -0.25) is 4.79 Å². The summed E-state index contributed by atoms with van der Waals surface area (Å²) >= 11 is 2.81. The molecule has 5 nitrogen and oxygen atoms in total. The van der Waals surface area contributed by atoms with Crippen molar-refractivity contribution in [3.8, 4) is 0 Å². The molecule has 0 aliphatic carbocycles. The molecule has 2 aromatic rings. The monoisotopic (exact) mass is 268 g/mol. The van der Waals surface area contributed by atoms with Crippen LogP contribution >= 0.6 is 22.7 Å². The van der Waals surface area contributed by atoms with Gasteiger partial charge in [-0.2, -0.15) is 0 Å². The number of nitrogens with zero attached hydrogens (tertiary/aromatic N) is 3. The summed E-state index contributed by atoms with van der Waals surface area (Å²) in [5.41, 5.74) is 5.44. The van der Waals surface area contributed by atoms with Gasteiger partial charge in [0.05, 0.1) is 0 Å². The molecule has 0 saturated heterocycles. The lowest BCUT2D eigenvalue weighted by molar-refractivity contribution is 0.0795. The van der Waals surface area contributed by atoms with E-state index in [1.807, 2.05) is 11.4 Å². The molecule has 0 fully saturated rings. The number of likely N-dealkylation sites (N-methyl/N-ethyl adjacent to an activating group) is 1. The summed E-state index contributed by atoms with van der Waals surface area (Å²) in [7, 11) is 1.76. The highest BCUT2D eigenvalue weighted by Crippen LogP contribution is 2.14. The average molecular weight is 268 g/mol. The molecular weight excluding hydrogens is 256 g/mol. The third-order valence-electron chi connectivity index (χ3n) is 2.24. The molecule has 0 bridgehead atoms.